The summed E-state index contributed by atoms with van der Waals surface area (Å²) in [5.41, 5.74) is 2.72. The van der Waals surface area contributed by atoms with Gasteiger partial charge in [0.1, 0.15) is 12.2 Å². The van der Waals surface area contributed by atoms with E-state index in [2.05, 4.69) is 21.0 Å². The standard InChI is InChI=1S/C32H24BrN3O4/c1-2-38-28-17-22(16-25(33)30(28)39-20-21-10-4-3-5-11-21)19-34-36-31(29-18-23-12-6-9-15-27(23)40-29)35-26-14-8-7-13-24(26)32(36)37/h3-19H,2,20H2,1H3. The van der Waals surface area contributed by atoms with Gasteiger partial charge in [0.2, 0.25) is 5.82 Å². The molecule has 0 saturated heterocycles. The van der Waals surface area contributed by atoms with E-state index in [0.717, 1.165) is 10.9 Å². The highest BCUT2D eigenvalue weighted by Gasteiger charge is 2.17. The van der Waals surface area contributed by atoms with Gasteiger partial charge in [-0.25, -0.2) is 4.98 Å². The first-order valence-corrected chi connectivity index (χ1v) is 13.6. The van der Waals surface area contributed by atoms with Gasteiger partial charge in [0.25, 0.3) is 5.56 Å². The number of rotatable bonds is 8. The fourth-order valence-corrected chi connectivity index (χ4v) is 4.98. The van der Waals surface area contributed by atoms with Crippen molar-refractivity contribution in [2.75, 3.05) is 6.61 Å². The van der Waals surface area contributed by atoms with Gasteiger partial charge in [-0.15, -0.1) is 0 Å². The summed E-state index contributed by atoms with van der Waals surface area (Å²) in [6, 6.07) is 30.3. The summed E-state index contributed by atoms with van der Waals surface area (Å²) in [5.74, 6) is 1.91. The number of nitrogens with zero attached hydrogens (tertiary/aromatic N) is 3. The summed E-state index contributed by atoms with van der Waals surface area (Å²) in [7, 11) is 0. The maximum absolute atomic E-state index is 13.6. The van der Waals surface area contributed by atoms with Crippen LogP contribution in [0, 0.1) is 0 Å². The molecule has 7 nitrogen and oxygen atoms in total. The lowest BCUT2D eigenvalue weighted by Gasteiger charge is -2.15. The van der Waals surface area contributed by atoms with Gasteiger partial charge in [-0.1, -0.05) is 60.7 Å². The number of hydrogen-bond acceptors (Lipinski definition) is 6. The van der Waals surface area contributed by atoms with Gasteiger partial charge in [-0.05, 0) is 70.4 Å². The number of halogens is 1. The van der Waals surface area contributed by atoms with Gasteiger partial charge in [-0.3, -0.25) is 4.79 Å². The van der Waals surface area contributed by atoms with Gasteiger partial charge < -0.3 is 13.9 Å². The quantitative estimate of drug-likeness (QED) is 0.171. The Morgan fingerprint density at radius 1 is 0.950 bits per heavy atom. The third-order valence-corrected chi connectivity index (χ3v) is 6.87. The van der Waals surface area contributed by atoms with E-state index in [1.807, 2.05) is 85.8 Å². The lowest BCUT2D eigenvalue weighted by atomic mass is 10.2. The Morgan fingerprint density at radius 2 is 1.73 bits per heavy atom. The topological polar surface area (TPSA) is 78.9 Å². The van der Waals surface area contributed by atoms with Gasteiger partial charge in [0, 0.05) is 5.39 Å². The van der Waals surface area contributed by atoms with Crippen molar-refractivity contribution in [2.45, 2.75) is 13.5 Å². The second kappa shape index (κ2) is 11.2. The van der Waals surface area contributed by atoms with E-state index in [1.54, 1.807) is 24.4 Å². The molecule has 0 saturated carbocycles. The lowest BCUT2D eigenvalue weighted by molar-refractivity contribution is 0.267. The van der Waals surface area contributed by atoms with Crippen LogP contribution in [0.3, 0.4) is 0 Å². The third-order valence-electron chi connectivity index (χ3n) is 6.28. The third kappa shape index (κ3) is 5.13. The Kier molecular flexibility index (Phi) is 7.16. The molecule has 0 atom stereocenters. The molecule has 0 aliphatic rings. The van der Waals surface area contributed by atoms with Crippen molar-refractivity contribution in [3.05, 3.63) is 123 Å². The Hall–Kier alpha value is -4.69. The number of benzene rings is 4. The number of para-hydroxylation sites is 2. The molecule has 0 aliphatic heterocycles. The molecule has 0 N–H and O–H groups in total. The fraction of sp³-hybridized carbons (Fsp3) is 0.0938. The number of fused-ring (bicyclic) bond motifs is 2. The summed E-state index contributed by atoms with van der Waals surface area (Å²) in [6.07, 6.45) is 1.60. The molecule has 198 valence electrons. The summed E-state index contributed by atoms with van der Waals surface area (Å²) < 4.78 is 20.0. The normalized spacial score (nSPS) is 11.4. The molecule has 40 heavy (non-hydrogen) atoms. The zero-order valence-corrected chi connectivity index (χ0v) is 23.2. The summed E-state index contributed by atoms with van der Waals surface area (Å²) in [5, 5.41) is 5.95. The Bertz CT molecular complexity index is 1880. The minimum absolute atomic E-state index is 0.302. The molecular formula is C32H24BrN3O4. The summed E-state index contributed by atoms with van der Waals surface area (Å²) in [6.45, 7) is 2.76. The average Bonchev–Trinajstić information content (AvgIpc) is 3.41. The van der Waals surface area contributed by atoms with Crippen LogP contribution in [-0.2, 0) is 6.61 Å². The molecule has 0 amide bonds. The van der Waals surface area contributed by atoms with E-state index in [-0.39, 0.29) is 5.56 Å². The Balaban J connectivity index is 1.41. The first kappa shape index (κ1) is 25.6. The smallest absolute Gasteiger partial charge is 0.282 e. The molecule has 6 aromatic rings. The molecule has 8 heteroatoms. The minimum Gasteiger partial charge on any atom is -0.490 e. The fourth-order valence-electron chi connectivity index (χ4n) is 4.40. The lowest BCUT2D eigenvalue weighted by Crippen LogP contribution is -2.20. The first-order chi connectivity index (χ1) is 19.6. The van der Waals surface area contributed by atoms with Gasteiger partial charge in [0.05, 0.1) is 28.2 Å². The predicted molar refractivity (Wildman–Crippen MR) is 160 cm³/mol. The molecular weight excluding hydrogens is 570 g/mol. The van der Waals surface area contributed by atoms with Crippen molar-refractivity contribution in [1.82, 2.24) is 9.66 Å². The molecule has 6 rings (SSSR count). The van der Waals surface area contributed by atoms with Gasteiger partial charge in [-0.2, -0.15) is 9.78 Å². The van der Waals surface area contributed by atoms with Crippen molar-refractivity contribution in [3.63, 3.8) is 0 Å². The van der Waals surface area contributed by atoms with E-state index in [9.17, 15) is 4.79 Å². The number of furan rings is 1. The first-order valence-electron chi connectivity index (χ1n) is 12.8. The zero-order valence-electron chi connectivity index (χ0n) is 21.6. The summed E-state index contributed by atoms with van der Waals surface area (Å²) in [4.78, 5) is 18.3. The number of ether oxygens (including phenoxy) is 2. The van der Waals surface area contributed by atoms with Crippen LogP contribution < -0.4 is 15.0 Å². The average molecular weight is 594 g/mol. The second-order valence-corrected chi connectivity index (χ2v) is 9.85. The Labute approximate surface area is 238 Å². The number of hydrogen-bond donors (Lipinski definition) is 0. The predicted octanol–water partition coefficient (Wildman–Crippen LogP) is 7.43. The summed E-state index contributed by atoms with van der Waals surface area (Å²) >= 11 is 3.62. The maximum Gasteiger partial charge on any atom is 0.282 e. The van der Waals surface area contributed by atoms with Crippen LogP contribution in [0.15, 0.2) is 116 Å². The molecule has 2 aromatic heterocycles. The second-order valence-electron chi connectivity index (χ2n) is 9.00. The molecule has 2 heterocycles. The molecule has 0 fully saturated rings. The van der Waals surface area contributed by atoms with Crippen LogP contribution in [0.25, 0.3) is 33.5 Å². The van der Waals surface area contributed by atoms with Crippen molar-refractivity contribution >= 4 is 44.0 Å². The molecule has 0 aliphatic carbocycles. The largest absolute Gasteiger partial charge is 0.490 e. The highest BCUT2D eigenvalue weighted by Crippen LogP contribution is 2.37. The SMILES string of the molecule is CCOc1cc(C=Nn2c(-c3cc4ccccc4o3)nc3ccccc3c2=O)cc(Br)c1OCc1ccccc1. The van der Waals surface area contributed by atoms with E-state index in [4.69, 9.17) is 18.9 Å². The Morgan fingerprint density at radius 3 is 2.55 bits per heavy atom. The maximum atomic E-state index is 13.6. The van der Waals surface area contributed by atoms with E-state index in [0.29, 0.717) is 62.8 Å². The van der Waals surface area contributed by atoms with Crippen LogP contribution in [0.2, 0.25) is 0 Å². The highest BCUT2D eigenvalue weighted by molar-refractivity contribution is 9.10. The molecule has 0 spiro atoms. The zero-order chi connectivity index (χ0) is 27.5. The molecule has 0 radical (unpaired) electrons. The van der Waals surface area contributed by atoms with Gasteiger partial charge in [0.15, 0.2) is 17.3 Å². The van der Waals surface area contributed by atoms with Crippen LogP contribution in [0.5, 0.6) is 11.5 Å². The molecule has 4 aromatic carbocycles. The number of aromatic nitrogens is 2. The van der Waals surface area contributed by atoms with Crippen LogP contribution >= 0.6 is 15.9 Å². The van der Waals surface area contributed by atoms with E-state index >= 15 is 0 Å². The van der Waals surface area contributed by atoms with Gasteiger partial charge >= 0.3 is 0 Å². The van der Waals surface area contributed by atoms with Crippen LogP contribution in [-0.4, -0.2) is 22.5 Å². The van der Waals surface area contributed by atoms with Crippen molar-refractivity contribution < 1.29 is 13.9 Å². The molecule has 0 unspecified atom stereocenters. The van der Waals surface area contributed by atoms with Crippen molar-refractivity contribution in [3.8, 4) is 23.1 Å². The molecule has 0 bridgehead atoms. The minimum atomic E-state index is -0.302. The van der Waals surface area contributed by atoms with E-state index in [1.165, 1.54) is 4.68 Å². The van der Waals surface area contributed by atoms with E-state index < -0.39 is 0 Å². The van der Waals surface area contributed by atoms with Crippen molar-refractivity contribution in [1.29, 1.82) is 0 Å². The van der Waals surface area contributed by atoms with Crippen molar-refractivity contribution in [2.24, 2.45) is 5.10 Å². The van der Waals surface area contributed by atoms with Crippen LogP contribution in [0.4, 0.5) is 0 Å². The highest BCUT2D eigenvalue weighted by atomic mass is 79.9. The monoisotopic (exact) mass is 593 g/mol. The van der Waals surface area contributed by atoms with Crippen LogP contribution in [0.1, 0.15) is 18.1 Å².